The molecular weight excluding hydrogens is 344 g/mol. The highest BCUT2D eigenvalue weighted by Crippen LogP contribution is 2.17. The van der Waals surface area contributed by atoms with E-state index in [9.17, 15) is 18.0 Å². The van der Waals surface area contributed by atoms with Crippen molar-refractivity contribution in [3.05, 3.63) is 65.7 Å². The molecule has 0 saturated carbocycles. The van der Waals surface area contributed by atoms with Gasteiger partial charge in [0.15, 0.2) is 6.61 Å². The Hall–Kier alpha value is -2.87. The topological polar surface area (TPSA) is 102 Å². The molecule has 25 heavy (non-hydrogen) atoms. The number of hydrogen-bond donors (Lipinski definition) is 2. The molecule has 2 aromatic carbocycles. The van der Waals surface area contributed by atoms with Crippen LogP contribution in [0.15, 0.2) is 54.6 Å². The van der Waals surface area contributed by atoms with Gasteiger partial charge in [-0.15, -0.1) is 0 Å². The number of carbonyl (C=O) groups is 2. The van der Waals surface area contributed by atoms with Crippen molar-refractivity contribution in [2.24, 2.45) is 0 Å². The minimum Gasteiger partial charge on any atom is -0.452 e. The van der Waals surface area contributed by atoms with E-state index in [2.05, 4.69) is 10.0 Å². The smallest absolute Gasteiger partial charge is 0.340 e. The summed E-state index contributed by atoms with van der Waals surface area (Å²) in [5, 5.41) is 2.63. The maximum Gasteiger partial charge on any atom is 0.340 e. The van der Waals surface area contributed by atoms with Crippen LogP contribution < -0.4 is 10.0 Å². The summed E-state index contributed by atoms with van der Waals surface area (Å²) in [7, 11) is -3.54. The van der Waals surface area contributed by atoms with Crippen molar-refractivity contribution in [2.45, 2.75) is 6.54 Å². The van der Waals surface area contributed by atoms with Crippen molar-refractivity contribution in [1.82, 2.24) is 5.32 Å². The molecular formula is C17H18N2O5S. The lowest BCUT2D eigenvalue weighted by molar-refractivity contribution is -0.124. The molecule has 0 fully saturated rings. The monoisotopic (exact) mass is 362 g/mol. The molecule has 0 aliphatic rings. The summed E-state index contributed by atoms with van der Waals surface area (Å²) in [6, 6.07) is 15.3. The molecule has 0 spiro atoms. The van der Waals surface area contributed by atoms with E-state index in [-0.39, 0.29) is 11.3 Å². The van der Waals surface area contributed by atoms with Crippen molar-refractivity contribution in [3.63, 3.8) is 0 Å². The molecule has 8 heteroatoms. The maximum absolute atomic E-state index is 12.1. The number of hydrogen-bond acceptors (Lipinski definition) is 5. The zero-order chi connectivity index (χ0) is 18.3. The quantitative estimate of drug-likeness (QED) is 0.728. The lowest BCUT2D eigenvalue weighted by Gasteiger charge is -2.10. The molecule has 1 amide bonds. The van der Waals surface area contributed by atoms with Gasteiger partial charge in [0.1, 0.15) is 0 Å². The van der Waals surface area contributed by atoms with E-state index < -0.39 is 28.5 Å². The molecule has 7 nitrogen and oxygen atoms in total. The molecule has 0 aliphatic heterocycles. The molecule has 132 valence electrons. The van der Waals surface area contributed by atoms with Crippen LogP contribution in [0, 0.1) is 0 Å². The van der Waals surface area contributed by atoms with Crippen molar-refractivity contribution in [3.8, 4) is 0 Å². The van der Waals surface area contributed by atoms with Gasteiger partial charge in [0.2, 0.25) is 10.0 Å². The average molecular weight is 362 g/mol. The standard InChI is InChI=1S/C17H18N2O5S/c1-25(22,23)19-15-10-6-5-9-14(15)17(21)24-12-16(20)18-11-13-7-3-2-4-8-13/h2-10,19H,11-12H2,1H3,(H,18,20). The molecule has 0 unspecified atom stereocenters. The van der Waals surface area contributed by atoms with E-state index in [0.717, 1.165) is 11.8 Å². The molecule has 0 aliphatic carbocycles. The Kier molecular flexibility index (Phi) is 6.13. The SMILES string of the molecule is CS(=O)(=O)Nc1ccccc1C(=O)OCC(=O)NCc1ccccc1. The molecule has 2 aromatic rings. The van der Waals surface area contributed by atoms with Crippen LogP contribution in [0.25, 0.3) is 0 Å². The van der Waals surface area contributed by atoms with Crippen LogP contribution in [0.5, 0.6) is 0 Å². The lowest BCUT2D eigenvalue weighted by atomic mass is 10.2. The van der Waals surface area contributed by atoms with Crippen LogP contribution in [0.2, 0.25) is 0 Å². The summed E-state index contributed by atoms with van der Waals surface area (Å²) in [5.74, 6) is -1.24. The first-order valence-corrected chi connectivity index (χ1v) is 9.29. The molecule has 2 rings (SSSR count). The maximum atomic E-state index is 12.1. The van der Waals surface area contributed by atoms with Gasteiger partial charge < -0.3 is 10.1 Å². The summed E-state index contributed by atoms with van der Waals surface area (Å²) in [5.41, 5.74) is 1.05. The summed E-state index contributed by atoms with van der Waals surface area (Å²) < 4.78 is 29.9. The number of nitrogens with one attached hydrogen (secondary N) is 2. The summed E-state index contributed by atoms with van der Waals surface area (Å²) in [4.78, 5) is 23.9. The Labute approximate surface area is 146 Å². The Morgan fingerprint density at radius 1 is 1.00 bits per heavy atom. The predicted octanol–water partition coefficient (Wildman–Crippen LogP) is 1.53. The Morgan fingerprint density at radius 3 is 2.32 bits per heavy atom. The lowest BCUT2D eigenvalue weighted by Crippen LogP contribution is -2.28. The van der Waals surface area contributed by atoms with Crippen LogP contribution in [0.4, 0.5) is 5.69 Å². The van der Waals surface area contributed by atoms with Crippen molar-refractivity contribution in [2.75, 3.05) is 17.6 Å². The van der Waals surface area contributed by atoms with Crippen LogP contribution in [-0.4, -0.2) is 33.2 Å². The summed E-state index contributed by atoms with van der Waals surface area (Å²) >= 11 is 0. The Bertz CT molecular complexity index is 850. The van der Waals surface area contributed by atoms with Gasteiger partial charge in [-0.3, -0.25) is 9.52 Å². The molecule has 0 atom stereocenters. The zero-order valence-electron chi connectivity index (χ0n) is 13.6. The first-order valence-electron chi connectivity index (χ1n) is 7.40. The number of esters is 1. The van der Waals surface area contributed by atoms with Gasteiger partial charge in [0.05, 0.1) is 17.5 Å². The van der Waals surface area contributed by atoms with E-state index in [0.29, 0.717) is 6.54 Å². The van der Waals surface area contributed by atoms with Crippen molar-refractivity contribution in [1.29, 1.82) is 0 Å². The van der Waals surface area contributed by atoms with Crippen molar-refractivity contribution >= 4 is 27.6 Å². The fourth-order valence-electron chi connectivity index (χ4n) is 2.01. The third-order valence-corrected chi connectivity index (χ3v) is 3.70. The summed E-state index contributed by atoms with van der Waals surface area (Å²) in [6.07, 6.45) is 0.978. The van der Waals surface area contributed by atoms with E-state index in [1.54, 1.807) is 12.1 Å². The third-order valence-electron chi connectivity index (χ3n) is 3.11. The largest absolute Gasteiger partial charge is 0.452 e. The average Bonchev–Trinajstić information content (AvgIpc) is 2.58. The number of sulfonamides is 1. The van der Waals surface area contributed by atoms with Crippen LogP contribution >= 0.6 is 0 Å². The predicted molar refractivity (Wildman–Crippen MR) is 93.5 cm³/mol. The molecule has 0 saturated heterocycles. The summed E-state index contributed by atoms with van der Waals surface area (Å²) in [6.45, 7) is -0.137. The minimum absolute atomic E-state index is 0.0313. The van der Waals surface area contributed by atoms with E-state index in [1.807, 2.05) is 30.3 Å². The fourth-order valence-corrected chi connectivity index (χ4v) is 2.58. The second-order valence-electron chi connectivity index (χ2n) is 5.26. The first kappa shape index (κ1) is 18.5. The zero-order valence-corrected chi connectivity index (χ0v) is 14.4. The van der Waals surface area contributed by atoms with Crippen molar-refractivity contribution < 1.29 is 22.7 Å². The Morgan fingerprint density at radius 2 is 1.64 bits per heavy atom. The minimum atomic E-state index is -3.54. The highest BCUT2D eigenvalue weighted by molar-refractivity contribution is 7.92. The normalized spacial score (nSPS) is 10.8. The van der Waals surface area contributed by atoms with E-state index in [1.165, 1.54) is 12.1 Å². The van der Waals surface area contributed by atoms with Crippen LogP contribution in [0.1, 0.15) is 15.9 Å². The van der Waals surface area contributed by atoms with Crippen LogP contribution in [-0.2, 0) is 26.1 Å². The molecule has 0 aromatic heterocycles. The number of para-hydroxylation sites is 1. The second kappa shape index (κ2) is 8.29. The van der Waals surface area contributed by atoms with E-state index in [4.69, 9.17) is 4.74 Å². The van der Waals surface area contributed by atoms with Gasteiger partial charge in [0.25, 0.3) is 5.91 Å². The van der Waals surface area contributed by atoms with Crippen LogP contribution in [0.3, 0.4) is 0 Å². The number of carbonyl (C=O) groups excluding carboxylic acids is 2. The fraction of sp³-hybridized carbons (Fsp3) is 0.176. The van der Waals surface area contributed by atoms with Gasteiger partial charge in [-0.25, -0.2) is 13.2 Å². The molecule has 0 radical (unpaired) electrons. The van der Waals surface area contributed by atoms with Gasteiger partial charge in [-0.2, -0.15) is 0 Å². The number of benzene rings is 2. The van der Waals surface area contributed by atoms with Gasteiger partial charge in [-0.05, 0) is 17.7 Å². The number of anilines is 1. The molecule has 0 bridgehead atoms. The van der Waals surface area contributed by atoms with Gasteiger partial charge in [0, 0.05) is 6.54 Å². The number of amides is 1. The third kappa shape index (κ3) is 6.27. The van der Waals surface area contributed by atoms with Gasteiger partial charge in [-0.1, -0.05) is 42.5 Å². The highest BCUT2D eigenvalue weighted by atomic mass is 32.2. The molecule has 2 N–H and O–H groups in total. The number of rotatable bonds is 7. The number of ether oxygens (including phenoxy) is 1. The van der Waals surface area contributed by atoms with Gasteiger partial charge >= 0.3 is 5.97 Å². The van der Waals surface area contributed by atoms with E-state index >= 15 is 0 Å². The molecule has 0 heterocycles. The first-order chi connectivity index (χ1) is 11.8. The highest BCUT2D eigenvalue weighted by Gasteiger charge is 2.16. The second-order valence-corrected chi connectivity index (χ2v) is 7.01. The Balaban J connectivity index is 1.91.